The summed E-state index contributed by atoms with van der Waals surface area (Å²) in [6.45, 7) is 1.90. The highest BCUT2D eigenvalue weighted by Crippen LogP contribution is 2.17. The molecule has 7 heteroatoms. The summed E-state index contributed by atoms with van der Waals surface area (Å²) in [4.78, 5) is 13.8. The Morgan fingerprint density at radius 1 is 1.14 bits per heavy atom. The lowest BCUT2D eigenvalue weighted by molar-refractivity contribution is -0.133. The first-order valence-electron chi connectivity index (χ1n) is 6.87. The number of sulfonamides is 1. The van der Waals surface area contributed by atoms with Gasteiger partial charge < -0.3 is 9.64 Å². The maximum atomic E-state index is 12.4. The number of carbonyl (C=O) groups excluding carboxylic acids is 1. The topological polar surface area (TPSA) is 66.9 Å². The maximum absolute atomic E-state index is 12.4. The second-order valence-corrected chi connectivity index (χ2v) is 6.78. The molecular weight excluding hydrogens is 292 g/mol. The van der Waals surface area contributed by atoms with Crippen molar-refractivity contribution in [3.8, 4) is 0 Å². The Balaban J connectivity index is 1.96. The molecule has 1 fully saturated rings. The highest BCUT2D eigenvalue weighted by atomic mass is 32.2. The number of ether oxygens (including phenoxy) is 1. The second kappa shape index (κ2) is 7.02. The Kier molecular flexibility index (Phi) is 5.33. The molecule has 1 aliphatic heterocycles. The number of rotatable bonds is 5. The Labute approximate surface area is 125 Å². The van der Waals surface area contributed by atoms with Crippen LogP contribution in [0.1, 0.15) is 6.42 Å². The third kappa shape index (κ3) is 3.81. The van der Waals surface area contributed by atoms with Crippen LogP contribution in [0, 0.1) is 0 Å². The number of nitrogens with zero attached hydrogens (tertiary/aromatic N) is 2. The number of hydrogen-bond donors (Lipinski definition) is 0. The van der Waals surface area contributed by atoms with Crippen LogP contribution in [0.4, 0.5) is 0 Å². The van der Waals surface area contributed by atoms with Crippen LogP contribution in [0.3, 0.4) is 0 Å². The van der Waals surface area contributed by atoms with Crippen LogP contribution in [-0.2, 0) is 19.6 Å². The molecule has 21 heavy (non-hydrogen) atoms. The zero-order valence-electron chi connectivity index (χ0n) is 12.1. The lowest BCUT2D eigenvalue weighted by atomic mass is 10.3. The van der Waals surface area contributed by atoms with E-state index in [9.17, 15) is 13.2 Å². The zero-order valence-corrected chi connectivity index (χ0v) is 12.9. The summed E-state index contributed by atoms with van der Waals surface area (Å²) in [5.41, 5.74) is 0. The van der Waals surface area contributed by atoms with Crippen LogP contribution in [0.5, 0.6) is 0 Å². The van der Waals surface area contributed by atoms with E-state index in [1.165, 1.54) is 4.31 Å². The van der Waals surface area contributed by atoms with E-state index in [4.69, 9.17) is 4.74 Å². The Morgan fingerprint density at radius 3 is 2.33 bits per heavy atom. The second-order valence-electron chi connectivity index (χ2n) is 4.84. The predicted octanol–water partition coefficient (Wildman–Crippen LogP) is 0.556. The fraction of sp³-hybridized carbons (Fsp3) is 0.500. The first kappa shape index (κ1) is 15.9. The Bertz CT molecular complexity index is 566. The van der Waals surface area contributed by atoms with Crippen molar-refractivity contribution in [2.24, 2.45) is 0 Å². The molecule has 1 aliphatic rings. The van der Waals surface area contributed by atoms with Gasteiger partial charge in [-0.2, -0.15) is 4.31 Å². The average molecular weight is 312 g/mol. The van der Waals surface area contributed by atoms with Crippen molar-refractivity contribution in [1.29, 1.82) is 0 Å². The van der Waals surface area contributed by atoms with Crippen LogP contribution in [0.25, 0.3) is 0 Å². The van der Waals surface area contributed by atoms with Gasteiger partial charge in [0.25, 0.3) is 0 Å². The van der Waals surface area contributed by atoms with Crippen molar-refractivity contribution in [1.82, 2.24) is 9.21 Å². The van der Waals surface area contributed by atoms with Crippen molar-refractivity contribution < 1.29 is 17.9 Å². The van der Waals surface area contributed by atoms with Gasteiger partial charge in [0.1, 0.15) is 0 Å². The van der Waals surface area contributed by atoms with E-state index in [0.717, 1.165) is 0 Å². The molecule has 6 nitrogen and oxygen atoms in total. The van der Waals surface area contributed by atoms with Crippen LogP contribution in [0.15, 0.2) is 35.2 Å². The Morgan fingerprint density at radius 2 is 1.76 bits per heavy atom. The third-order valence-corrected chi connectivity index (χ3v) is 5.41. The van der Waals surface area contributed by atoms with Gasteiger partial charge in [-0.15, -0.1) is 0 Å². The van der Waals surface area contributed by atoms with Gasteiger partial charge in [-0.1, -0.05) is 18.2 Å². The average Bonchev–Trinajstić information content (AvgIpc) is 2.53. The lowest BCUT2D eigenvalue weighted by Gasteiger charge is -2.34. The first-order chi connectivity index (χ1) is 10.1. The van der Waals surface area contributed by atoms with Crippen molar-refractivity contribution in [2.75, 3.05) is 39.9 Å². The van der Waals surface area contributed by atoms with Crippen molar-refractivity contribution in [2.45, 2.75) is 11.3 Å². The van der Waals surface area contributed by atoms with Crippen LogP contribution in [-0.4, -0.2) is 63.4 Å². The van der Waals surface area contributed by atoms with Gasteiger partial charge in [0.15, 0.2) is 0 Å². The zero-order chi connectivity index (χ0) is 15.3. The SMILES string of the molecule is COCCC(=O)N1CCN(S(=O)(=O)c2ccccc2)CC1. The number of benzene rings is 1. The van der Waals surface area contributed by atoms with Crippen molar-refractivity contribution in [3.05, 3.63) is 30.3 Å². The van der Waals surface area contributed by atoms with Gasteiger partial charge in [0.2, 0.25) is 15.9 Å². The summed E-state index contributed by atoms with van der Waals surface area (Å²) in [7, 11) is -1.90. The predicted molar refractivity (Wildman–Crippen MR) is 78.3 cm³/mol. The minimum Gasteiger partial charge on any atom is -0.384 e. The quantitative estimate of drug-likeness (QED) is 0.796. The fourth-order valence-electron chi connectivity index (χ4n) is 2.27. The van der Waals surface area contributed by atoms with Gasteiger partial charge in [-0.3, -0.25) is 4.79 Å². The molecule has 0 spiro atoms. The standard InChI is InChI=1S/C14H20N2O4S/c1-20-12-7-14(17)15-8-10-16(11-9-15)21(18,19)13-5-3-2-4-6-13/h2-6H,7-12H2,1H3. The van der Waals surface area contributed by atoms with E-state index in [-0.39, 0.29) is 5.91 Å². The number of amides is 1. The largest absolute Gasteiger partial charge is 0.384 e. The lowest BCUT2D eigenvalue weighted by Crippen LogP contribution is -2.50. The molecule has 0 aromatic heterocycles. The van der Waals surface area contributed by atoms with Crippen molar-refractivity contribution >= 4 is 15.9 Å². The van der Waals surface area contributed by atoms with E-state index in [1.54, 1.807) is 42.3 Å². The summed E-state index contributed by atoms with van der Waals surface area (Å²) in [6, 6.07) is 8.37. The van der Waals surface area contributed by atoms with Crippen LogP contribution >= 0.6 is 0 Å². The maximum Gasteiger partial charge on any atom is 0.243 e. The van der Waals surface area contributed by atoms with Gasteiger partial charge in [0.05, 0.1) is 17.9 Å². The van der Waals surface area contributed by atoms with E-state index in [0.29, 0.717) is 44.1 Å². The monoisotopic (exact) mass is 312 g/mol. The Hall–Kier alpha value is -1.44. The van der Waals surface area contributed by atoms with Crippen LogP contribution in [0.2, 0.25) is 0 Å². The minimum atomic E-state index is -3.46. The molecule has 1 aromatic rings. The first-order valence-corrected chi connectivity index (χ1v) is 8.31. The molecule has 1 heterocycles. The van der Waals surface area contributed by atoms with Crippen LogP contribution < -0.4 is 0 Å². The third-order valence-electron chi connectivity index (χ3n) is 3.49. The summed E-state index contributed by atoms with van der Waals surface area (Å²) in [5.74, 6) is 0.00797. The molecule has 0 aliphatic carbocycles. The number of piperazine rings is 1. The molecule has 1 aromatic carbocycles. The molecular formula is C14H20N2O4S. The van der Waals surface area contributed by atoms with E-state index in [1.807, 2.05) is 0 Å². The highest BCUT2D eigenvalue weighted by Gasteiger charge is 2.29. The van der Waals surface area contributed by atoms with Gasteiger partial charge in [-0.05, 0) is 12.1 Å². The smallest absolute Gasteiger partial charge is 0.243 e. The van der Waals surface area contributed by atoms with Crippen molar-refractivity contribution in [3.63, 3.8) is 0 Å². The number of hydrogen-bond acceptors (Lipinski definition) is 4. The molecule has 0 saturated carbocycles. The number of methoxy groups -OCH3 is 1. The molecule has 1 amide bonds. The summed E-state index contributed by atoms with van der Waals surface area (Å²) in [6.07, 6.45) is 0.335. The van der Waals surface area contributed by atoms with Gasteiger partial charge in [-0.25, -0.2) is 8.42 Å². The normalized spacial score (nSPS) is 16.9. The molecule has 0 atom stereocenters. The molecule has 1 saturated heterocycles. The minimum absolute atomic E-state index is 0.00797. The van der Waals surface area contributed by atoms with E-state index < -0.39 is 10.0 Å². The van der Waals surface area contributed by atoms with Gasteiger partial charge in [0, 0.05) is 33.3 Å². The molecule has 0 N–H and O–H groups in total. The summed E-state index contributed by atoms with van der Waals surface area (Å²) < 4.78 is 31.2. The molecule has 0 unspecified atom stereocenters. The highest BCUT2D eigenvalue weighted by molar-refractivity contribution is 7.89. The molecule has 2 rings (SSSR count). The summed E-state index contributed by atoms with van der Waals surface area (Å²) >= 11 is 0. The molecule has 116 valence electrons. The fourth-order valence-corrected chi connectivity index (χ4v) is 3.71. The van der Waals surface area contributed by atoms with E-state index in [2.05, 4.69) is 0 Å². The van der Waals surface area contributed by atoms with Gasteiger partial charge >= 0.3 is 0 Å². The molecule has 0 radical (unpaired) electrons. The summed E-state index contributed by atoms with van der Waals surface area (Å²) in [5, 5.41) is 0. The van der Waals surface area contributed by atoms with E-state index >= 15 is 0 Å². The molecule has 0 bridgehead atoms. The number of carbonyl (C=O) groups is 1.